The molecule has 1 aliphatic rings. The number of carbonyl (C=O) groups excluding carboxylic acids is 1. The molecule has 1 saturated carbocycles. The van der Waals surface area contributed by atoms with Crippen LogP contribution in [0.5, 0.6) is 0 Å². The Kier molecular flexibility index (Phi) is 6.69. The van der Waals surface area contributed by atoms with Gasteiger partial charge in [-0.3, -0.25) is 14.3 Å². The average molecular weight is 442 g/mol. The van der Waals surface area contributed by atoms with Crippen molar-refractivity contribution in [3.05, 3.63) is 53.3 Å². The Hall–Kier alpha value is -2.38. The number of thioether (sulfide) groups is 1. The van der Waals surface area contributed by atoms with E-state index < -0.39 is 0 Å². The summed E-state index contributed by atoms with van der Waals surface area (Å²) in [5.74, 6) is 0.985. The van der Waals surface area contributed by atoms with E-state index in [-0.39, 0.29) is 11.7 Å². The van der Waals surface area contributed by atoms with Gasteiger partial charge in [0.1, 0.15) is 0 Å². The number of hydrogen-bond acceptors (Lipinski definition) is 5. The van der Waals surface area contributed by atoms with Crippen LogP contribution in [0, 0.1) is 6.92 Å². The molecule has 30 heavy (non-hydrogen) atoms. The molecule has 2 aromatic heterocycles. The number of carbonyl (C=O) groups is 1. The lowest BCUT2D eigenvalue weighted by atomic mass is 9.95. The van der Waals surface area contributed by atoms with Gasteiger partial charge in [0.2, 0.25) is 5.91 Å². The van der Waals surface area contributed by atoms with Crippen LogP contribution in [-0.2, 0) is 4.79 Å². The van der Waals surface area contributed by atoms with Crippen LogP contribution in [0.15, 0.2) is 47.9 Å². The van der Waals surface area contributed by atoms with E-state index in [1.807, 2.05) is 43.5 Å². The molecule has 0 saturated heterocycles. The fourth-order valence-corrected chi connectivity index (χ4v) is 4.78. The predicted molar refractivity (Wildman–Crippen MR) is 121 cm³/mol. The number of halogens is 1. The first kappa shape index (κ1) is 20.9. The zero-order chi connectivity index (χ0) is 20.9. The van der Waals surface area contributed by atoms with Gasteiger partial charge in [0.25, 0.3) is 0 Å². The molecule has 3 aromatic rings. The SMILES string of the molecule is Cc1c(Cl)cccc1NC(=O)CSc1nnc(-c2cccnc2)n1C1CCCCC1. The maximum Gasteiger partial charge on any atom is 0.234 e. The van der Waals surface area contributed by atoms with Gasteiger partial charge in [0.05, 0.1) is 5.75 Å². The van der Waals surface area contributed by atoms with Gasteiger partial charge in [0, 0.05) is 34.7 Å². The maximum atomic E-state index is 12.6. The zero-order valence-electron chi connectivity index (χ0n) is 16.8. The molecule has 2 heterocycles. The van der Waals surface area contributed by atoms with E-state index >= 15 is 0 Å². The smallest absolute Gasteiger partial charge is 0.234 e. The molecule has 8 heteroatoms. The summed E-state index contributed by atoms with van der Waals surface area (Å²) in [6.07, 6.45) is 9.45. The largest absolute Gasteiger partial charge is 0.325 e. The summed E-state index contributed by atoms with van der Waals surface area (Å²) in [7, 11) is 0. The summed E-state index contributed by atoms with van der Waals surface area (Å²) >= 11 is 7.57. The van der Waals surface area contributed by atoms with Crippen molar-refractivity contribution in [3.8, 4) is 11.4 Å². The minimum atomic E-state index is -0.0912. The van der Waals surface area contributed by atoms with Crippen molar-refractivity contribution in [1.82, 2.24) is 19.7 Å². The number of amides is 1. The van der Waals surface area contributed by atoms with Crippen molar-refractivity contribution in [1.29, 1.82) is 0 Å². The lowest BCUT2D eigenvalue weighted by molar-refractivity contribution is -0.113. The van der Waals surface area contributed by atoms with Crippen LogP contribution in [0.25, 0.3) is 11.4 Å². The summed E-state index contributed by atoms with van der Waals surface area (Å²) in [4.78, 5) is 16.8. The topological polar surface area (TPSA) is 72.7 Å². The Morgan fingerprint density at radius 1 is 1.20 bits per heavy atom. The highest BCUT2D eigenvalue weighted by atomic mass is 35.5. The van der Waals surface area contributed by atoms with E-state index in [4.69, 9.17) is 11.6 Å². The van der Waals surface area contributed by atoms with Crippen LogP contribution in [0.1, 0.15) is 43.7 Å². The molecule has 1 fully saturated rings. The highest BCUT2D eigenvalue weighted by Gasteiger charge is 2.24. The van der Waals surface area contributed by atoms with E-state index in [9.17, 15) is 4.79 Å². The van der Waals surface area contributed by atoms with Crippen LogP contribution < -0.4 is 5.32 Å². The second-order valence-electron chi connectivity index (χ2n) is 7.46. The Labute approximate surface area is 185 Å². The van der Waals surface area contributed by atoms with Gasteiger partial charge in [-0.1, -0.05) is 48.7 Å². The molecule has 1 N–H and O–H groups in total. The molecule has 0 spiro atoms. The zero-order valence-corrected chi connectivity index (χ0v) is 18.4. The second-order valence-corrected chi connectivity index (χ2v) is 8.81. The average Bonchev–Trinajstić information content (AvgIpc) is 3.21. The molecule has 1 amide bonds. The molecular formula is C22H24ClN5OS. The Morgan fingerprint density at radius 3 is 2.80 bits per heavy atom. The van der Waals surface area contributed by atoms with Gasteiger partial charge in [-0.15, -0.1) is 10.2 Å². The first-order valence-corrected chi connectivity index (χ1v) is 11.5. The van der Waals surface area contributed by atoms with Crippen molar-refractivity contribution < 1.29 is 4.79 Å². The summed E-state index contributed by atoms with van der Waals surface area (Å²) < 4.78 is 2.21. The number of rotatable bonds is 6. The van der Waals surface area contributed by atoms with Crippen LogP contribution >= 0.6 is 23.4 Å². The van der Waals surface area contributed by atoms with Crippen molar-refractivity contribution in [2.45, 2.75) is 50.2 Å². The van der Waals surface area contributed by atoms with Crippen molar-refractivity contribution >= 4 is 35.0 Å². The third-order valence-electron chi connectivity index (χ3n) is 5.40. The van der Waals surface area contributed by atoms with Crippen molar-refractivity contribution in [2.75, 3.05) is 11.1 Å². The van der Waals surface area contributed by atoms with Crippen LogP contribution in [0.2, 0.25) is 5.02 Å². The molecule has 1 aliphatic carbocycles. The fraction of sp³-hybridized carbons (Fsp3) is 0.364. The molecule has 156 valence electrons. The predicted octanol–water partition coefficient (Wildman–Crippen LogP) is 5.54. The van der Waals surface area contributed by atoms with Crippen molar-refractivity contribution in [3.63, 3.8) is 0 Å². The Morgan fingerprint density at radius 2 is 2.03 bits per heavy atom. The normalized spacial score (nSPS) is 14.6. The molecule has 0 bridgehead atoms. The number of hydrogen-bond donors (Lipinski definition) is 1. The monoisotopic (exact) mass is 441 g/mol. The highest BCUT2D eigenvalue weighted by Crippen LogP contribution is 2.35. The number of aromatic nitrogens is 4. The van der Waals surface area contributed by atoms with Gasteiger partial charge in [0.15, 0.2) is 11.0 Å². The number of anilines is 1. The molecule has 4 rings (SSSR count). The van der Waals surface area contributed by atoms with Gasteiger partial charge in [-0.2, -0.15) is 0 Å². The van der Waals surface area contributed by atoms with Crippen LogP contribution in [0.3, 0.4) is 0 Å². The lowest BCUT2D eigenvalue weighted by Gasteiger charge is -2.25. The summed E-state index contributed by atoms with van der Waals surface area (Å²) in [5, 5.41) is 13.2. The third kappa shape index (κ3) is 4.68. The lowest BCUT2D eigenvalue weighted by Crippen LogP contribution is -2.17. The fourth-order valence-electron chi connectivity index (χ4n) is 3.79. The molecular weight excluding hydrogens is 418 g/mol. The first-order chi connectivity index (χ1) is 14.6. The third-order valence-corrected chi connectivity index (χ3v) is 6.75. The number of nitrogens with one attached hydrogen (secondary N) is 1. The second kappa shape index (κ2) is 9.62. The van der Waals surface area contributed by atoms with Gasteiger partial charge in [-0.05, 0) is 49.6 Å². The maximum absolute atomic E-state index is 12.6. The Bertz CT molecular complexity index is 1020. The number of benzene rings is 1. The van der Waals surface area contributed by atoms with E-state index in [0.29, 0.717) is 11.1 Å². The van der Waals surface area contributed by atoms with Gasteiger partial charge >= 0.3 is 0 Å². The number of pyridine rings is 1. The molecule has 0 atom stereocenters. The quantitative estimate of drug-likeness (QED) is 0.508. The van der Waals surface area contributed by atoms with E-state index in [0.717, 1.165) is 40.6 Å². The molecule has 0 aliphatic heterocycles. The van der Waals surface area contributed by atoms with Crippen LogP contribution in [0.4, 0.5) is 5.69 Å². The summed E-state index contributed by atoms with van der Waals surface area (Å²) in [5.41, 5.74) is 2.54. The molecule has 6 nitrogen and oxygen atoms in total. The number of nitrogens with zero attached hydrogens (tertiary/aromatic N) is 4. The van der Waals surface area contributed by atoms with Crippen LogP contribution in [-0.4, -0.2) is 31.4 Å². The highest BCUT2D eigenvalue weighted by molar-refractivity contribution is 7.99. The standard InChI is InChI=1S/C22H24ClN5OS/c1-15-18(23)10-5-11-19(15)25-20(29)14-30-22-27-26-21(16-7-6-12-24-13-16)28(22)17-8-3-2-4-9-17/h5-7,10-13,17H,2-4,8-9,14H2,1H3,(H,25,29). The molecule has 0 radical (unpaired) electrons. The van der Waals surface area contributed by atoms with Gasteiger partial charge < -0.3 is 5.32 Å². The Balaban J connectivity index is 1.53. The van der Waals surface area contributed by atoms with E-state index in [2.05, 4.69) is 25.1 Å². The van der Waals surface area contributed by atoms with Gasteiger partial charge in [-0.25, -0.2) is 0 Å². The first-order valence-electron chi connectivity index (χ1n) is 10.2. The molecule has 0 unspecified atom stereocenters. The summed E-state index contributed by atoms with van der Waals surface area (Å²) in [6, 6.07) is 9.76. The molecule has 1 aromatic carbocycles. The minimum absolute atomic E-state index is 0.0912. The summed E-state index contributed by atoms with van der Waals surface area (Å²) in [6.45, 7) is 1.89. The van der Waals surface area contributed by atoms with E-state index in [1.165, 1.54) is 31.0 Å². The minimum Gasteiger partial charge on any atom is -0.325 e. The van der Waals surface area contributed by atoms with Crippen molar-refractivity contribution in [2.24, 2.45) is 0 Å². The van der Waals surface area contributed by atoms with E-state index in [1.54, 1.807) is 6.20 Å².